The summed E-state index contributed by atoms with van der Waals surface area (Å²) in [5.41, 5.74) is 0.363. The molecule has 0 bridgehead atoms. The van der Waals surface area contributed by atoms with Gasteiger partial charge in [-0.3, -0.25) is 0 Å². The lowest BCUT2D eigenvalue weighted by Gasteiger charge is -2.00. The zero-order valence-electron chi connectivity index (χ0n) is 6.68. The predicted molar refractivity (Wildman–Crippen MR) is 47.2 cm³/mol. The van der Waals surface area contributed by atoms with Gasteiger partial charge in [-0.05, 0) is 17.6 Å². The van der Waals surface area contributed by atoms with Crippen molar-refractivity contribution in [3.8, 4) is 5.75 Å². The molecule has 13 heavy (non-hydrogen) atoms. The summed E-state index contributed by atoms with van der Waals surface area (Å²) in [6, 6.07) is 6.00. The Hall–Kier alpha value is -1.55. The fourth-order valence-electron chi connectivity index (χ4n) is 0.811. The van der Waals surface area contributed by atoms with Crippen LogP contribution in [0.4, 0.5) is 0 Å². The molecule has 0 saturated heterocycles. The van der Waals surface area contributed by atoms with Crippen LogP contribution < -0.4 is 10.2 Å². The number of hydrogen-bond donors (Lipinski definition) is 2. The Morgan fingerprint density at radius 2 is 1.92 bits per heavy atom. The van der Waals surface area contributed by atoms with E-state index in [2.05, 4.69) is 0 Å². The maximum absolute atomic E-state index is 9.77. The van der Waals surface area contributed by atoms with Gasteiger partial charge in [0.05, 0.1) is 0 Å². The third-order valence-electron chi connectivity index (χ3n) is 1.42. The molecular formula is C8H7BO4. The van der Waals surface area contributed by atoms with E-state index in [4.69, 9.17) is 14.8 Å². The molecule has 0 aliphatic carbocycles. The van der Waals surface area contributed by atoms with Crippen LogP contribution in [0.15, 0.2) is 30.5 Å². The van der Waals surface area contributed by atoms with Gasteiger partial charge in [0.15, 0.2) is 12.2 Å². The standard InChI is InChI=1S/C8H7BO4/c10-5-6-13-8-3-1-7(2-4-8)9(11)12/h1-4,6,11-12H. The highest BCUT2D eigenvalue weighted by molar-refractivity contribution is 6.58. The van der Waals surface area contributed by atoms with E-state index in [-0.39, 0.29) is 0 Å². The second-order valence-corrected chi connectivity index (χ2v) is 2.30. The molecule has 0 atom stereocenters. The molecule has 0 amide bonds. The first-order valence-corrected chi connectivity index (χ1v) is 3.56. The van der Waals surface area contributed by atoms with Crippen molar-refractivity contribution in [2.45, 2.75) is 0 Å². The minimum Gasteiger partial charge on any atom is -0.453 e. The van der Waals surface area contributed by atoms with Gasteiger partial charge in [-0.1, -0.05) is 12.1 Å². The fourth-order valence-corrected chi connectivity index (χ4v) is 0.811. The van der Waals surface area contributed by atoms with Crippen molar-refractivity contribution in [3.05, 3.63) is 30.5 Å². The van der Waals surface area contributed by atoms with Gasteiger partial charge < -0.3 is 14.8 Å². The van der Waals surface area contributed by atoms with E-state index in [0.29, 0.717) is 11.2 Å². The van der Waals surface area contributed by atoms with Crippen molar-refractivity contribution in [3.63, 3.8) is 0 Å². The maximum atomic E-state index is 9.77. The summed E-state index contributed by atoms with van der Waals surface area (Å²) in [4.78, 5) is 9.77. The van der Waals surface area contributed by atoms with Crippen LogP contribution in [0.2, 0.25) is 0 Å². The van der Waals surface area contributed by atoms with Crippen LogP contribution in [0.1, 0.15) is 0 Å². The monoisotopic (exact) mass is 178 g/mol. The molecule has 0 radical (unpaired) electrons. The van der Waals surface area contributed by atoms with Crippen LogP contribution in [-0.4, -0.2) is 23.1 Å². The SMILES string of the molecule is O=C=COc1ccc(B(O)O)cc1. The molecule has 0 fully saturated rings. The molecule has 66 valence electrons. The predicted octanol–water partition coefficient (Wildman–Crippen LogP) is -0.909. The molecule has 1 aromatic rings. The zero-order valence-corrected chi connectivity index (χ0v) is 6.68. The Morgan fingerprint density at radius 3 is 2.38 bits per heavy atom. The molecule has 2 N–H and O–H groups in total. The van der Waals surface area contributed by atoms with E-state index in [9.17, 15) is 4.79 Å². The highest BCUT2D eigenvalue weighted by Crippen LogP contribution is 2.06. The van der Waals surface area contributed by atoms with Crippen molar-refractivity contribution in [1.82, 2.24) is 0 Å². The van der Waals surface area contributed by atoms with Crippen LogP contribution in [0.3, 0.4) is 0 Å². The van der Waals surface area contributed by atoms with E-state index < -0.39 is 7.12 Å². The van der Waals surface area contributed by atoms with Gasteiger partial charge in [0.25, 0.3) is 0 Å². The van der Waals surface area contributed by atoms with Crippen LogP contribution in [0.25, 0.3) is 0 Å². The van der Waals surface area contributed by atoms with E-state index in [1.165, 1.54) is 30.2 Å². The molecule has 5 heteroatoms. The highest BCUT2D eigenvalue weighted by Gasteiger charge is 2.09. The van der Waals surface area contributed by atoms with Crippen LogP contribution >= 0.6 is 0 Å². The number of rotatable bonds is 3. The van der Waals surface area contributed by atoms with Gasteiger partial charge in [0, 0.05) is 0 Å². The maximum Gasteiger partial charge on any atom is 0.488 e. The minimum atomic E-state index is -1.49. The van der Waals surface area contributed by atoms with Crippen molar-refractivity contribution in [2.75, 3.05) is 0 Å². The summed E-state index contributed by atoms with van der Waals surface area (Å²) in [6.45, 7) is 0. The summed E-state index contributed by atoms with van der Waals surface area (Å²) in [6.07, 6.45) is 0.879. The molecule has 0 spiro atoms. The number of ether oxygens (including phenoxy) is 1. The van der Waals surface area contributed by atoms with E-state index >= 15 is 0 Å². The van der Waals surface area contributed by atoms with Crippen molar-refractivity contribution in [1.29, 1.82) is 0 Å². The van der Waals surface area contributed by atoms with Gasteiger partial charge in [0.1, 0.15) is 5.75 Å². The minimum absolute atomic E-state index is 0.363. The first-order valence-electron chi connectivity index (χ1n) is 3.56. The smallest absolute Gasteiger partial charge is 0.453 e. The number of hydrogen-bond acceptors (Lipinski definition) is 4. The molecule has 1 aromatic carbocycles. The summed E-state index contributed by atoms with van der Waals surface area (Å²) in [5, 5.41) is 17.5. The lowest BCUT2D eigenvalue weighted by molar-refractivity contribution is 0.425. The quantitative estimate of drug-likeness (QED) is 0.357. The Morgan fingerprint density at radius 1 is 1.31 bits per heavy atom. The normalized spacial score (nSPS) is 8.77. The van der Waals surface area contributed by atoms with Gasteiger partial charge in [0.2, 0.25) is 0 Å². The fraction of sp³-hybridized carbons (Fsp3) is 0. The first-order chi connectivity index (χ1) is 6.24. The molecule has 4 nitrogen and oxygen atoms in total. The molecule has 1 rings (SSSR count). The second kappa shape index (κ2) is 4.47. The topological polar surface area (TPSA) is 66.8 Å². The molecule has 0 aromatic heterocycles. The molecule has 0 heterocycles. The summed E-state index contributed by atoms with van der Waals surface area (Å²) in [5.74, 6) is 1.90. The average molecular weight is 178 g/mol. The zero-order chi connectivity index (χ0) is 9.68. The lowest BCUT2D eigenvalue weighted by Crippen LogP contribution is -2.29. The second-order valence-electron chi connectivity index (χ2n) is 2.30. The lowest BCUT2D eigenvalue weighted by atomic mass is 9.80. The van der Waals surface area contributed by atoms with Gasteiger partial charge in [-0.2, -0.15) is 0 Å². The van der Waals surface area contributed by atoms with E-state index in [0.717, 1.165) is 6.26 Å². The van der Waals surface area contributed by atoms with Gasteiger partial charge >= 0.3 is 7.12 Å². The summed E-state index contributed by atoms with van der Waals surface area (Å²) in [7, 11) is -1.49. The van der Waals surface area contributed by atoms with Crippen LogP contribution in [0, 0.1) is 0 Å². The highest BCUT2D eigenvalue weighted by atomic mass is 16.5. The Bertz CT molecular complexity index is 313. The number of carbonyl (C=O) groups excluding carboxylic acids is 1. The first kappa shape index (κ1) is 9.54. The van der Waals surface area contributed by atoms with E-state index in [1.807, 2.05) is 0 Å². The summed E-state index contributed by atoms with van der Waals surface area (Å²) >= 11 is 0. The molecule has 0 aliphatic rings. The van der Waals surface area contributed by atoms with Crippen molar-refractivity contribution in [2.24, 2.45) is 0 Å². The van der Waals surface area contributed by atoms with Gasteiger partial charge in [-0.25, -0.2) is 4.79 Å². The number of benzene rings is 1. The van der Waals surface area contributed by atoms with Crippen LogP contribution in [-0.2, 0) is 4.79 Å². The van der Waals surface area contributed by atoms with Crippen molar-refractivity contribution >= 4 is 18.5 Å². The van der Waals surface area contributed by atoms with Crippen LogP contribution in [0.5, 0.6) is 5.75 Å². The van der Waals surface area contributed by atoms with Crippen molar-refractivity contribution < 1.29 is 19.6 Å². The molecule has 0 unspecified atom stereocenters. The van der Waals surface area contributed by atoms with E-state index in [1.54, 1.807) is 0 Å². The Labute approximate surface area is 75.2 Å². The summed E-state index contributed by atoms with van der Waals surface area (Å²) < 4.78 is 4.78. The van der Waals surface area contributed by atoms with Gasteiger partial charge in [-0.15, -0.1) is 0 Å². The molecular weight excluding hydrogens is 171 g/mol. The Balaban J connectivity index is 2.75. The molecule has 0 aliphatic heterocycles. The third-order valence-corrected chi connectivity index (χ3v) is 1.42. The molecule has 0 saturated carbocycles. The Kier molecular flexibility index (Phi) is 3.28. The average Bonchev–Trinajstić information content (AvgIpc) is 2.15. The third kappa shape index (κ3) is 2.76. The largest absolute Gasteiger partial charge is 0.488 e.